The van der Waals surface area contributed by atoms with Gasteiger partial charge in [-0.05, 0) is 75.9 Å². The second kappa shape index (κ2) is 7.24. The summed E-state index contributed by atoms with van der Waals surface area (Å²) in [4.78, 5) is 4.37. The van der Waals surface area contributed by atoms with Gasteiger partial charge in [0, 0.05) is 25.7 Å². The van der Waals surface area contributed by atoms with Gasteiger partial charge in [-0.1, -0.05) is 0 Å². The van der Waals surface area contributed by atoms with E-state index in [2.05, 4.69) is 74.0 Å². The topological polar surface area (TPSA) is 34.1 Å². The largest absolute Gasteiger partial charge is 0.495 e. The van der Waals surface area contributed by atoms with E-state index in [9.17, 15) is 0 Å². The lowest BCUT2D eigenvalue weighted by Crippen LogP contribution is -2.03. The summed E-state index contributed by atoms with van der Waals surface area (Å²) in [5.41, 5.74) is 1.88. The van der Waals surface area contributed by atoms with Gasteiger partial charge in [0.25, 0.3) is 0 Å². The van der Waals surface area contributed by atoms with Gasteiger partial charge < -0.3 is 10.1 Å². The lowest BCUT2D eigenvalue weighted by atomic mass is 10.3. The van der Waals surface area contributed by atoms with Crippen LogP contribution in [0, 0.1) is 0 Å². The highest BCUT2D eigenvalue weighted by Crippen LogP contribution is 2.35. The molecular formula is C13H10Br4N2O. The number of anilines is 1. The van der Waals surface area contributed by atoms with Crippen molar-refractivity contribution in [1.82, 2.24) is 4.98 Å². The van der Waals surface area contributed by atoms with Crippen LogP contribution in [0.3, 0.4) is 0 Å². The van der Waals surface area contributed by atoms with Crippen LogP contribution in [0.15, 0.2) is 42.3 Å². The average molecular weight is 530 g/mol. The molecule has 2 aromatic rings. The lowest BCUT2D eigenvalue weighted by molar-refractivity contribution is 0.412. The van der Waals surface area contributed by atoms with E-state index in [1.807, 2.05) is 18.2 Å². The van der Waals surface area contributed by atoms with Crippen LogP contribution in [-0.4, -0.2) is 12.1 Å². The molecule has 0 spiro atoms. The van der Waals surface area contributed by atoms with E-state index in [1.165, 1.54) is 0 Å². The van der Waals surface area contributed by atoms with Crippen molar-refractivity contribution in [3.63, 3.8) is 0 Å². The maximum absolute atomic E-state index is 5.29. The zero-order valence-corrected chi connectivity index (χ0v) is 16.7. The zero-order valence-electron chi connectivity index (χ0n) is 10.4. The molecule has 1 N–H and O–H groups in total. The first-order chi connectivity index (χ1) is 9.51. The third-order valence-corrected chi connectivity index (χ3v) is 4.97. The summed E-state index contributed by atoms with van der Waals surface area (Å²) in [7, 11) is 1.64. The fourth-order valence-corrected chi connectivity index (χ4v) is 4.00. The molecule has 0 saturated carbocycles. The van der Waals surface area contributed by atoms with Gasteiger partial charge in [-0.25, -0.2) is 0 Å². The van der Waals surface area contributed by atoms with Gasteiger partial charge in [-0.15, -0.1) is 0 Å². The summed E-state index contributed by atoms with van der Waals surface area (Å²) >= 11 is 13.9. The predicted molar refractivity (Wildman–Crippen MR) is 95.4 cm³/mol. The fourth-order valence-electron chi connectivity index (χ4n) is 1.57. The first kappa shape index (κ1) is 16.3. The first-order valence-electron chi connectivity index (χ1n) is 5.58. The minimum Gasteiger partial charge on any atom is -0.495 e. The lowest BCUT2D eigenvalue weighted by Gasteiger charge is -2.12. The minimum absolute atomic E-state index is 0.608. The molecule has 0 aliphatic rings. The molecule has 0 bridgehead atoms. The highest BCUT2D eigenvalue weighted by atomic mass is 79.9. The Balaban J connectivity index is 2.18. The molecule has 20 heavy (non-hydrogen) atoms. The molecule has 0 radical (unpaired) electrons. The monoisotopic (exact) mass is 526 g/mol. The first-order valence-corrected chi connectivity index (χ1v) is 8.75. The highest BCUT2D eigenvalue weighted by molar-refractivity contribution is 9.11. The van der Waals surface area contributed by atoms with E-state index in [0.717, 1.165) is 35.0 Å². The Kier molecular flexibility index (Phi) is 5.89. The number of nitrogens with zero attached hydrogens (tertiary/aromatic N) is 1. The minimum atomic E-state index is 0.608. The third-order valence-electron chi connectivity index (χ3n) is 2.57. The summed E-state index contributed by atoms with van der Waals surface area (Å²) in [6.45, 7) is 0.608. The summed E-state index contributed by atoms with van der Waals surface area (Å²) in [5, 5.41) is 3.34. The maximum Gasteiger partial charge on any atom is 0.135 e. The van der Waals surface area contributed by atoms with Crippen molar-refractivity contribution in [1.29, 1.82) is 0 Å². The Labute approximate surface area is 151 Å². The normalized spacial score (nSPS) is 10.4. The van der Waals surface area contributed by atoms with Crippen LogP contribution in [0.5, 0.6) is 5.75 Å². The molecule has 0 atom stereocenters. The van der Waals surface area contributed by atoms with Crippen LogP contribution in [0.2, 0.25) is 0 Å². The summed E-state index contributed by atoms with van der Waals surface area (Å²) < 4.78 is 9.06. The van der Waals surface area contributed by atoms with Crippen molar-refractivity contribution >= 4 is 69.4 Å². The Morgan fingerprint density at radius 1 is 1.05 bits per heavy atom. The molecule has 1 heterocycles. The summed E-state index contributed by atoms with van der Waals surface area (Å²) in [5.74, 6) is 0.776. The van der Waals surface area contributed by atoms with Crippen LogP contribution in [-0.2, 0) is 6.54 Å². The molecule has 7 heteroatoms. The molecule has 0 amide bonds. The van der Waals surface area contributed by atoms with Crippen molar-refractivity contribution in [2.24, 2.45) is 0 Å². The van der Waals surface area contributed by atoms with Gasteiger partial charge in [0.2, 0.25) is 0 Å². The summed E-state index contributed by atoms with van der Waals surface area (Å²) in [6, 6.07) is 5.85. The van der Waals surface area contributed by atoms with Crippen molar-refractivity contribution in [2.75, 3.05) is 12.4 Å². The van der Waals surface area contributed by atoms with Crippen LogP contribution in [0.1, 0.15) is 5.69 Å². The number of methoxy groups -OCH3 is 1. The predicted octanol–water partition coefficient (Wildman–Crippen LogP) is 5.75. The van der Waals surface area contributed by atoms with E-state index in [4.69, 9.17) is 4.74 Å². The van der Waals surface area contributed by atoms with Crippen molar-refractivity contribution in [3.8, 4) is 5.75 Å². The van der Waals surface area contributed by atoms with Crippen molar-refractivity contribution < 1.29 is 4.74 Å². The molecule has 1 aromatic heterocycles. The van der Waals surface area contributed by atoms with Gasteiger partial charge in [0.05, 0.1) is 29.5 Å². The number of rotatable bonds is 4. The molecule has 3 nitrogen and oxygen atoms in total. The van der Waals surface area contributed by atoms with E-state index in [0.29, 0.717) is 6.54 Å². The van der Waals surface area contributed by atoms with Crippen LogP contribution in [0.25, 0.3) is 0 Å². The van der Waals surface area contributed by atoms with Crippen LogP contribution >= 0.6 is 63.7 Å². The van der Waals surface area contributed by atoms with E-state index < -0.39 is 0 Å². The molecule has 1 aromatic carbocycles. The number of pyridine rings is 1. The number of halogens is 4. The Morgan fingerprint density at radius 2 is 1.80 bits per heavy atom. The number of benzene rings is 1. The maximum atomic E-state index is 5.29. The summed E-state index contributed by atoms with van der Waals surface area (Å²) in [6.07, 6.45) is 1.78. The molecule has 2 rings (SSSR count). The average Bonchev–Trinajstić information content (AvgIpc) is 2.39. The Morgan fingerprint density at radius 3 is 2.45 bits per heavy atom. The molecule has 0 aliphatic carbocycles. The number of hydrogen-bond acceptors (Lipinski definition) is 3. The molecule has 0 fully saturated rings. The molecular weight excluding hydrogens is 520 g/mol. The van der Waals surface area contributed by atoms with Crippen molar-refractivity contribution in [3.05, 3.63) is 48.0 Å². The Bertz CT molecular complexity index is 634. The van der Waals surface area contributed by atoms with Crippen LogP contribution in [0.4, 0.5) is 5.69 Å². The second-order valence-corrected chi connectivity index (χ2v) is 7.38. The standard InChI is InChI=1S/C13H10Br4N2O/c1-20-13-4-11(9(16)3-10(13)17)19-6-12-8(15)2-7(14)5-18-12/h2-5,19H,6H2,1H3. The zero-order chi connectivity index (χ0) is 14.7. The number of hydrogen-bond donors (Lipinski definition) is 1. The number of aromatic nitrogens is 1. The van der Waals surface area contributed by atoms with E-state index >= 15 is 0 Å². The number of nitrogens with one attached hydrogen (secondary N) is 1. The quantitative estimate of drug-likeness (QED) is 0.547. The van der Waals surface area contributed by atoms with Gasteiger partial charge in [0.15, 0.2) is 0 Å². The van der Waals surface area contributed by atoms with E-state index in [1.54, 1.807) is 13.3 Å². The molecule has 106 valence electrons. The second-order valence-electron chi connectivity index (χ2n) is 3.90. The van der Waals surface area contributed by atoms with E-state index in [-0.39, 0.29) is 0 Å². The molecule has 0 aliphatic heterocycles. The SMILES string of the molecule is COc1cc(NCc2ncc(Br)cc2Br)c(Br)cc1Br. The van der Waals surface area contributed by atoms with Gasteiger partial charge >= 0.3 is 0 Å². The van der Waals surface area contributed by atoms with Gasteiger partial charge in [0.1, 0.15) is 5.75 Å². The third kappa shape index (κ3) is 3.96. The molecule has 0 unspecified atom stereocenters. The van der Waals surface area contributed by atoms with Gasteiger partial charge in [-0.2, -0.15) is 0 Å². The Hall–Kier alpha value is -0.110. The fraction of sp³-hybridized carbons (Fsp3) is 0.154. The number of ether oxygens (including phenoxy) is 1. The highest BCUT2D eigenvalue weighted by Gasteiger charge is 2.08. The van der Waals surface area contributed by atoms with Crippen molar-refractivity contribution in [2.45, 2.75) is 6.54 Å². The smallest absolute Gasteiger partial charge is 0.135 e. The van der Waals surface area contributed by atoms with Crippen LogP contribution < -0.4 is 10.1 Å². The van der Waals surface area contributed by atoms with Gasteiger partial charge in [-0.3, -0.25) is 4.98 Å². The molecule has 0 saturated heterocycles.